The maximum Gasteiger partial charge on any atom is 0.231 e. The Labute approximate surface area is 126 Å². The highest BCUT2D eigenvalue weighted by Crippen LogP contribution is 2.56. The summed E-state index contributed by atoms with van der Waals surface area (Å²) >= 11 is 5.92. The predicted molar refractivity (Wildman–Crippen MR) is 79.1 cm³/mol. The van der Waals surface area contributed by atoms with Crippen LogP contribution in [0.5, 0.6) is 5.75 Å². The minimum Gasteiger partial charge on any atom is -0.508 e. The van der Waals surface area contributed by atoms with Crippen molar-refractivity contribution in [2.45, 2.75) is 12.1 Å². The van der Waals surface area contributed by atoms with Crippen molar-refractivity contribution in [3.8, 4) is 5.75 Å². The third-order valence-corrected chi connectivity index (χ3v) is 3.99. The van der Waals surface area contributed by atoms with Crippen molar-refractivity contribution in [3.05, 3.63) is 59.1 Å². The van der Waals surface area contributed by atoms with Gasteiger partial charge in [0.2, 0.25) is 5.91 Å². The fraction of sp³-hybridized carbons (Fsp3) is 0.188. The largest absolute Gasteiger partial charge is 0.508 e. The van der Waals surface area contributed by atoms with Crippen LogP contribution in [0.1, 0.15) is 12.0 Å². The van der Waals surface area contributed by atoms with E-state index in [1.807, 2.05) is 0 Å². The molecule has 108 valence electrons. The van der Waals surface area contributed by atoms with Crippen molar-refractivity contribution in [2.75, 3.05) is 5.32 Å². The summed E-state index contributed by atoms with van der Waals surface area (Å²) in [6, 6.07) is 12.9. The highest BCUT2D eigenvalue weighted by atomic mass is 35.5. The van der Waals surface area contributed by atoms with Gasteiger partial charge in [-0.1, -0.05) is 41.9 Å². The second-order valence-electron chi connectivity index (χ2n) is 5.14. The number of rotatable bonds is 3. The van der Waals surface area contributed by atoms with Gasteiger partial charge in [-0.15, -0.1) is 0 Å². The molecule has 2 aromatic rings. The lowest BCUT2D eigenvalue weighted by molar-refractivity contribution is -0.118. The Balaban J connectivity index is 1.73. The zero-order valence-electron chi connectivity index (χ0n) is 11.0. The van der Waals surface area contributed by atoms with E-state index in [1.165, 1.54) is 18.2 Å². The van der Waals surface area contributed by atoms with Crippen LogP contribution < -0.4 is 5.32 Å². The molecule has 1 fully saturated rings. The molecule has 2 unspecified atom stereocenters. The number of benzene rings is 2. The molecule has 0 heterocycles. The summed E-state index contributed by atoms with van der Waals surface area (Å²) < 4.78 is 14.7. The Hall–Kier alpha value is -2.07. The molecule has 2 aromatic carbocycles. The van der Waals surface area contributed by atoms with Gasteiger partial charge in [0.05, 0.1) is 16.6 Å². The van der Waals surface area contributed by atoms with Crippen molar-refractivity contribution >= 4 is 23.2 Å². The number of alkyl halides is 1. The molecule has 1 saturated carbocycles. The lowest BCUT2D eigenvalue weighted by atomic mass is 10.1. The van der Waals surface area contributed by atoms with Crippen LogP contribution >= 0.6 is 11.6 Å². The average Bonchev–Trinajstić information content (AvgIpc) is 3.17. The third kappa shape index (κ3) is 2.59. The molecule has 1 amide bonds. The van der Waals surface area contributed by atoms with Crippen LogP contribution in [0.15, 0.2) is 48.5 Å². The van der Waals surface area contributed by atoms with Crippen LogP contribution in [0, 0.1) is 5.92 Å². The van der Waals surface area contributed by atoms with E-state index in [0.717, 1.165) is 0 Å². The molecule has 3 rings (SSSR count). The number of nitrogens with one attached hydrogen (secondary N) is 1. The topological polar surface area (TPSA) is 49.3 Å². The molecule has 2 N–H and O–H groups in total. The number of phenols is 1. The van der Waals surface area contributed by atoms with E-state index >= 15 is 0 Å². The van der Waals surface area contributed by atoms with E-state index in [1.54, 1.807) is 30.3 Å². The predicted octanol–water partition coefficient (Wildman–Crippen LogP) is 3.87. The maximum atomic E-state index is 14.7. The molecule has 0 saturated heterocycles. The lowest BCUT2D eigenvalue weighted by Crippen LogP contribution is -2.18. The van der Waals surface area contributed by atoms with E-state index in [4.69, 9.17) is 11.6 Å². The zero-order chi connectivity index (χ0) is 15.0. The van der Waals surface area contributed by atoms with E-state index in [9.17, 15) is 14.3 Å². The van der Waals surface area contributed by atoms with Crippen molar-refractivity contribution in [2.24, 2.45) is 5.92 Å². The average molecular weight is 306 g/mol. The van der Waals surface area contributed by atoms with Crippen molar-refractivity contribution in [1.82, 2.24) is 0 Å². The van der Waals surface area contributed by atoms with Crippen LogP contribution in [0.2, 0.25) is 5.02 Å². The molecule has 0 aliphatic heterocycles. The monoisotopic (exact) mass is 305 g/mol. The van der Waals surface area contributed by atoms with Gasteiger partial charge in [0.1, 0.15) is 11.4 Å². The van der Waals surface area contributed by atoms with Crippen LogP contribution in [-0.4, -0.2) is 11.0 Å². The number of phenolic OH excluding ortho intramolecular Hbond substituents is 1. The van der Waals surface area contributed by atoms with Crippen LogP contribution in [0.4, 0.5) is 10.1 Å². The molecule has 0 radical (unpaired) electrons. The lowest BCUT2D eigenvalue weighted by Gasteiger charge is -2.10. The van der Waals surface area contributed by atoms with Gasteiger partial charge in [-0.3, -0.25) is 4.79 Å². The van der Waals surface area contributed by atoms with Gasteiger partial charge in [0.15, 0.2) is 0 Å². The van der Waals surface area contributed by atoms with Gasteiger partial charge in [-0.2, -0.15) is 0 Å². The van der Waals surface area contributed by atoms with E-state index < -0.39 is 17.5 Å². The number of hydrogen-bond acceptors (Lipinski definition) is 2. The quantitative estimate of drug-likeness (QED) is 0.846. The second kappa shape index (κ2) is 5.04. The van der Waals surface area contributed by atoms with E-state index in [0.29, 0.717) is 11.3 Å². The van der Waals surface area contributed by atoms with Crippen LogP contribution in [-0.2, 0) is 10.5 Å². The van der Waals surface area contributed by atoms with Gasteiger partial charge in [-0.25, -0.2) is 4.39 Å². The Kier molecular flexibility index (Phi) is 3.33. The summed E-state index contributed by atoms with van der Waals surface area (Å²) in [5.74, 6) is -1.12. The Morgan fingerprint density at radius 1 is 1.29 bits per heavy atom. The van der Waals surface area contributed by atoms with Gasteiger partial charge < -0.3 is 10.4 Å². The molecule has 0 bridgehead atoms. The minimum absolute atomic E-state index is 0.00791. The number of anilines is 1. The van der Waals surface area contributed by atoms with E-state index in [2.05, 4.69) is 5.32 Å². The maximum absolute atomic E-state index is 14.7. The van der Waals surface area contributed by atoms with Gasteiger partial charge >= 0.3 is 0 Å². The van der Waals surface area contributed by atoms with Gasteiger partial charge in [0, 0.05) is 12.5 Å². The normalized spacial score (nSPS) is 23.6. The molecule has 0 spiro atoms. The second-order valence-corrected chi connectivity index (χ2v) is 5.55. The third-order valence-electron chi connectivity index (χ3n) is 3.67. The Bertz CT molecular complexity index is 692. The summed E-state index contributed by atoms with van der Waals surface area (Å²) in [7, 11) is 0. The smallest absolute Gasteiger partial charge is 0.231 e. The number of amides is 1. The molecule has 21 heavy (non-hydrogen) atoms. The summed E-state index contributed by atoms with van der Waals surface area (Å²) in [6.07, 6.45) is 0.165. The first-order valence-corrected chi connectivity index (χ1v) is 6.92. The van der Waals surface area contributed by atoms with Crippen LogP contribution in [0.3, 0.4) is 0 Å². The fourth-order valence-electron chi connectivity index (χ4n) is 2.40. The number of hydrogen-bond donors (Lipinski definition) is 2. The number of halogens is 2. The fourth-order valence-corrected chi connectivity index (χ4v) is 2.62. The number of carbonyl (C=O) groups excluding carboxylic acids is 1. The first-order valence-electron chi connectivity index (χ1n) is 6.54. The SMILES string of the molecule is O=C(Nc1ccc(O)cc1Cl)C1CC1(F)c1ccccc1. The van der Waals surface area contributed by atoms with Gasteiger partial charge in [0.25, 0.3) is 0 Å². The Morgan fingerprint density at radius 3 is 2.67 bits per heavy atom. The summed E-state index contributed by atoms with van der Waals surface area (Å²) in [4.78, 5) is 12.1. The number of carbonyl (C=O) groups is 1. The highest BCUT2D eigenvalue weighted by molar-refractivity contribution is 6.33. The standard InChI is InChI=1S/C16H13ClFNO2/c17-13-8-11(20)6-7-14(13)19-15(21)12-9-16(12,18)10-4-2-1-3-5-10/h1-8,12,20H,9H2,(H,19,21). The summed E-state index contributed by atoms with van der Waals surface area (Å²) in [5, 5.41) is 12.1. The zero-order valence-corrected chi connectivity index (χ0v) is 11.8. The molecule has 1 aliphatic carbocycles. The van der Waals surface area contributed by atoms with E-state index in [-0.39, 0.29) is 17.2 Å². The first-order chi connectivity index (χ1) is 10.0. The highest BCUT2D eigenvalue weighted by Gasteiger charge is 2.60. The molecular weight excluding hydrogens is 293 g/mol. The van der Waals surface area contributed by atoms with Crippen molar-refractivity contribution < 1.29 is 14.3 Å². The molecule has 2 atom stereocenters. The van der Waals surface area contributed by atoms with Crippen molar-refractivity contribution in [1.29, 1.82) is 0 Å². The first kappa shape index (κ1) is 13.9. The molecule has 0 aromatic heterocycles. The van der Waals surface area contributed by atoms with Gasteiger partial charge in [-0.05, 0) is 17.7 Å². The molecule has 3 nitrogen and oxygen atoms in total. The summed E-state index contributed by atoms with van der Waals surface area (Å²) in [6.45, 7) is 0. The minimum atomic E-state index is -1.60. The van der Waals surface area contributed by atoms with Crippen LogP contribution in [0.25, 0.3) is 0 Å². The molecular formula is C16H13ClFNO2. The number of aromatic hydroxyl groups is 1. The summed E-state index contributed by atoms with van der Waals surface area (Å²) in [5.41, 5.74) is -0.724. The molecule has 5 heteroatoms. The van der Waals surface area contributed by atoms with Crippen molar-refractivity contribution in [3.63, 3.8) is 0 Å². The Morgan fingerprint density at radius 2 is 2.00 bits per heavy atom. The molecule has 1 aliphatic rings.